The van der Waals surface area contributed by atoms with Gasteiger partial charge in [0.2, 0.25) is 11.8 Å². The second-order valence-corrected chi connectivity index (χ2v) is 6.66. The van der Waals surface area contributed by atoms with Gasteiger partial charge in [-0.25, -0.2) is 4.39 Å². The Morgan fingerprint density at radius 1 is 1.00 bits per heavy atom. The van der Waals surface area contributed by atoms with Crippen LogP contribution in [0.3, 0.4) is 0 Å². The van der Waals surface area contributed by atoms with E-state index in [-0.39, 0.29) is 11.8 Å². The van der Waals surface area contributed by atoms with Gasteiger partial charge >= 0.3 is 0 Å². The Balaban J connectivity index is 1.72. The van der Waals surface area contributed by atoms with E-state index >= 15 is 0 Å². The van der Waals surface area contributed by atoms with Gasteiger partial charge in [0, 0.05) is 30.4 Å². The fourth-order valence-corrected chi connectivity index (χ4v) is 2.76. The third-order valence-corrected chi connectivity index (χ3v) is 4.25. The topological polar surface area (TPSA) is 102 Å². The minimum Gasteiger partial charge on any atom is -0.463 e. The van der Waals surface area contributed by atoms with E-state index < -0.39 is 23.4 Å². The van der Waals surface area contributed by atoms with Gasteiger partial charge in [0.25, 0.3) is 11.5 Å². The minimum absolute atomic E-state index is 0.0759. The van der Waals surface area contributed by atoms with E-state index in [1.807, 2.05) is 0 Å². The van der Waals surface area contributed by atoms with Gasteiger partial charge in [-0.15, -0.1) is 5.10 Å². The number of ether oxygens (including phenoxy) is 1. The van der Waals surface area contributed by atoms with Crippen molar-refractivity contribution in [2.24, 2.45) is 0 Å². The maximum atomic E-state index is 13.2. The number of hydrogen-bond acceptors (Lipinski definition) is 5. The molecule has 1 aromatic heterocycles. The zero-order valence-corrected chi connectivity index (χ0v) is 17.0. The summed E-state index contributed by atoms with van der Waals surface area (Å²) in [5, 5.41) is 9.52. The van der Waals surface area contributed by atoms with Crippen molar-refractivity contribution < 1.29 is 18.7 Å². The summed E-state index contributed by atoms with van der Waals surface area (Å²) in [6.45, 7) is 3.19. The molecule has 8 nitrogen and oxygen atoms in total. The lowest BCUT2D eigenvalue weighted by Crippen LogP contribution is -2.33. The third kappa shape index (κ3) is 5.75. The summed E-state index contributed by atoms with van der Waals surface area (Å²) < 4.78 is 19.9. The zero-order chi connectivity index (χ0) is 22.4. The second kappa shape index (κ2) is 9.66. The predicted molar refractivity (Wildman–Crippen MR) is 114 cm³/mol. The predicted octanol–water partition coefficient (Wildman–Crippen LogP) is 3.13. The highest BCUT2D eigenvalue weighted by atomic mass is 19.1. The van der Waals surface area contributed by atoms with Crippen LogP contribution in [0.5, 0.6) is 5.88 Å². The molecule has 0 fully saturated rings. The molecule has 2 aromatic carbocycles. The van der Waals surface area contributed by atoms with Gasteiger partial charge in [0.1, 0.15) is 5.82 Å². The molecular weight excluding hydrogens is 403 g/mol. The summed E-state index contributed by atoms with van der Waals surface area (Å²) >= 11 is 0. The molecule has 0 aliphatic heterocycles. The smallest absolute Gasteiger partial charge is 0.271 e. The Bertz CT molecular complexity index is 1130. The molecule has 2 amide bonds. The monoisotopic (exact) mass is 424 g/mol. The van der Waals surface area contributed by atoms with Crippen LogP contribution >= 0.6 is 0 Å². The number of aromatic nitrogens is 2. The quantitative estimate of drug-likeness (QED) is 0.607. The standard InChI is InChI=1S/C22H21FN4O4/c1-3-19(22(30)25-17-8-6-16(7-9-17)24-14(2)28)31-20-12-13-21(29)27(26-20)18-10-4-15(23)5-11-18/h4-13,19H,3H2,1-2H3,(H,24,28)(H,25,30). The van der Waals surface area contributed by atoms with Gasteiger partial charge in [0.15, 0.2) is 6.10 Å². The van der Waals surface area contributed by atoms with Crippen LogP contribution in [0.25, 0.3) is 5.69 Å². The Morgan fingerprint density at radius 2 is 1.61 bits per heavy atom. The highest BCUT2D eigenvalue weighted by Crippen LogP contribution is 2.16. The highest BCUT2D eigenvalue weighted by Gasteiger charge is 2.20. The molecule has 1 atom stereocenters. The van der Waals surface area contributed by atoms with Crippen LogP contribution in [-0.2, 0) is 9.59 Å². The van der Waals surface area contributed by atoms with Crippen LogP contribution in [0.1, 0.15) is 20.3 Å². The van der Waals surface area contributed by atoms with Gasteiger partial charge in [-0.2, -0.15) is 4.68 Å². The summed E-state index contributed by atoms with van der Waals surface area (Å²) in [5.74, 6) is -0.939. The molecule has 0 bridgehead atoms. The normalized spacial score (nSPS) is 11.5. The molecule has 0 aliphatic rings. The molecule has 2 N–H and O–H groups in total. The van der Waals surface area contributed by atoms with Crippen molar-refractivity contribution in [3.63, 3.8) is 0 Å². The first-order valence-electron chi connectivity index (χ1n) is 9.57. The molecule has 3 aromatic rings. The number of carbonyl (C=O) groups is 2. The molecule has 31 heavy (non-hydrogen) atoms. The zero-order valence-electron chi connectivity index (χ0n) is 17.0. The number of nitrogens with zero attached hydrogens (tertiary/aromatic N) is 2. The van der Waals surface area contributed by atoms with Crippen LogP contribution in [0.2, 0.25) is 0 Å². The van der Waals surface area contributed by atoms with Crippen LogP contribution < -0.4 is 20.9 Å². The molecule has 9 heteroatoms. The molecule has 3 rings (SSSR count). The maximum absolute atomic E-state index is 13.2. The number of carbonyl (C=O) groups excluding carboxylic acids is 2. The third-order valence-electron chi connectivity index (χ3n) is 4.25. The van der Waals surface area contributed by atoms with Gasteiger partial charge in [0.05, 0.1) is 5.69 Å². The number of rotatable bonds is 7. The van der Waals surface area contributed by atoms with E-state index in [2.05, 4.69) is 15.7 Å². The summed E-state index contributed by atoms with van der Waals surface area (Å²) in [5.41, 5.74) is 1.09. The van der Waals surface area contributed by atoms with Crippen molar-refractivity contribution in [1.29, 1.82) is 0 Å². The second-order valence-electron chi connectivity index (χ2n) is 6.66. The van der Waals surface area contributed by atoms with Gasteiger partial charge in [-0.05, 0) is 55.0 Å². The van der Waals surface area contributed by atoms with E-state index in [4.69, 9.17) is 4.74 Å². The average molecular weight is 424 g/mol. The fourth-order valence-electron chi connectivity index (χ4n) is 2.76. The molecule has 1 unspecified atom stereocenters. The molecule has 0 aliphatic carbocycles. The van der Waals surface area contributed by atoms with Gasteiger partial charge < -0.3 is 15.4 Å². The number of hydrogen-bond donors (Lipinski definition) is 2. The lowest BCUT2D eigenvalue weighted by molar-refractivity contribution is -0.123. The lowest BCUT2D eigenvalue weighted by atomic mass is 10.2. The largest absolute Gasteiger partial charge is 0.463 e. The van der Waals surface area contributed by atoms with E-state index in [0.717, 1.165) is 4.68 Å². The molecule has 0 radical (unpaired) electrons. The van der Waals surface area contributed by atoms with E-state index in [1.54, 1.807) is 31.2 Å². The van der Waals surface area contributed by atoms with Crippen molar-refractivity contribution in [3.05, 3.63) is 76.8 Å². The van der Waals surface area contributed by atoms with E-state index in [0.29, 0.717) is 23.5 Å². The first-order valence-corrected chi connectivity index (χ1v) is 9.57. The summed E-state index contributed by atoms with van der Waals surface area (Å²) in [6, 6.07) is 14.6. The van der Waals surface area contributed by atoms with Crippen LogP contribution in [-0.4, -0.2) is 27.7 Å². The molecule has 0 spiro atoms. The maximum Gasteiger partial charge on any atom is 0.271 e. The SMILES string of the molecule is CCC(Oc1ccc(=O)n(-c2ccc(F)cc2)n1)C(=O)Nc1ccc(NC(C)=O)cc1. The van der Waals surface area contributed by atoms with Crippen molar-refractivity contribution in [2.75, 3.05) is 10.6 Å². The van der Waals surface area contributed by atoms with Crippen LogP contribution in [0.4, 0.5) is 15.8 Å². The number of nitrogens with one attached hydrogen (secondary N) is 2. The Morgan fingerprint density at radius 3 is 2.19 bits per heavy atom. The Labute approximate surface area is 177 Å². The first-order chi connectivity index (χ1) is 14.9. The number of anilines is 2. The summed E-state index contributed by atoms with van der Waals surface area (Å²) in [4.78, 5) is 35.8. The summed E-state index contributed by atoms with van der Waals surface area (Å²) in [6.07, 6.45) is -0.505. The van der Waals surface area contributed by atoms with E-state index in [9.17, 15) is 18.8 Å². The Kier molecular flexibility index (Phi) is 6.76. The summed E-state index contributed by atoms with van der Waals surface area (Å²) in [7, 11) is 0. The van der Waals surface area contributed by atoms with Crippen molar-refractivity contribution >= 4 is 23.2 Å². The number of amides is 2. The first kappa shape index (κ1) is 21.7. The van der Waals surface area contributed by atoms with Crippen molar-refractivity contribution in [1.82, 2.24) is 9.78 Å². The molecule has 0 saturated carbocycles. The van der Waals surface area contributed by atoms with Crippen molar-refractivity contribution in [2.45, 2.75) is 26.4 Å². The van der Waals surface area contributed by atoms with Crippen LogP contribution in [0.15, 0.2) is 65.5 Å². The lowest BCUT2D eigenvalue weighted by Gasteiger charge is -2.17. The number of benzene rings is 2. The number of halogens is 1. The van der Waals surface area contributed by atoms with Crippen molar-refractivity contribution in [3.8, 4) is 11.6 Å². The fraction of sp³-hybridized carbons (Fsp3) is 0.182. The van der Waals surface area contributed by atoms with Crippen LogP contribution in [0, 0.1) is 5.82 Å². The molecule has 1 heterocycles. The molecular formula is C22H21FN4O4. The van der Waals surface area contributed by atoms with E-state index in [1.165, 1.54) is 43.3 Å². The molecule has 160 valence electrons. The highest BCUT2D eigenvalue weighted by molar-refractivity contribution is 5.95. The average Bonchev–Trinajstić information content (AvgIpc) is 2.74. The minimum atomic E-state index is -0.860. The van der Waals surface area contributed by atoms with Gasteiger partial charge in [-0.1, -0.05) is 6.92 Å². The molecule has 0 saturated heterocycles. The Hall–Kier alpha value is -4.01. The van der Waals surface area contributed by atoms with Gasteiger partial charge in [-0.3, -0.25) is 14.4 Å².